The zero-order valence-electron chi connectivity index (χ0n) is 13.0. The van der Waals surface area contributed by atoms with Crippen molar-refractivity contribution in [3.8, 4) is 0 Å². The van der Waals surface area contributed by atoms with Crippen LogP contribution in [-0.2, 0) is 0 Å². The Hall–Kier alpha value is -1.16. The van der Waals surface area contributed by atoms with E-state index < -0.39 is 11.3 Å². The lowest BCUT2D eigenvalue weighted by atomic mass is 9.75. The number of benzene rings is 1. The quantitative estimate of drug-likeness (QED) is 0.841. The number of hydrogen-bond acceptors (Lipinski definition) is 2. The monoisotopic (exact) mass is 306 g/mol. The smallest absolute Gasteiger partial charge is 0.257 e. The van der Waals surface area contributed by atoms with Crippen molar-refractivity contribution in [2.75, 3.05) is 37.6 Å². The highest BCUT2D eigenvalue weighted by Gasteiger charge is 2.59. The topological polar surface area (TPSA) is 6.48 Å². The van der Waals surface area contributed by atoms with Gasteiger partial charge in [0.05, 0.1) is 5.41 Å². The van der Waals surface area contributed by atoms with E-state index in [9.17, 15) is 8.78 Å². The lowest BCUT2D eigenvalue weighted by Gasteiger charge is -2.46. The third-order valence-electron chi connectivity index (χ3n) is 5.73. The number of alkyl halides is 2. The highest BCUT2D eigenvalue weighted by atomic mass is 19.3. The van der Waals surface area contributed by atoms with E-state index in [-0.39, 0.29) is 6.42 Å². The van der Waals surface area contributed by atoms with E-state index in [0.29, 0.717) is 26.1 Å². The molecule has 1 aliphatic carbocycles. The Bertz CT molecular complexity index is 529. The SMILES string of the molecule is FC1(F)CCN(CC2CC2)C[C@]12CCN(c1ccccc1)C2. The first kappa shape index (κ1) is 14.4. The first-order valence-electron chi connectivity index (χ1n) is 8.48. The van der Waals surface area contributed by atoms with Gasteiger partial charge in [0.2, 0.25) is 0 Å². The van der Waals surface area contributed by atoms with Crippen LogP contribution in [-0.4, -0.2) is 43.5 Å². The predicted octanol–water partition coefficient (Wildman–Crippen LogP) is 3.63. The van der Waals surface area contributed by atoms with Crippen molar-refractivity contribution in [1.29, 1.82) is 0 Å². The highest BCUT2D eigenvalue weighted by molar-refractivity contribution is 5.47. The van der Waals surface area contributed by atoms with Gasteiger partial charge in [-0.2, -0.15) is 0 Å². The summed E-state index contributed by atoms with van der Waals surface area (Å²) in [4.78, 5) is 4.46. The summed E-state index contributed by atoms with van der Waals surface area (Å²) < 4.78 is 29.5. The van der Waals surface area contributed by atoms with Crippen LogP contribution in [0, 0.1) is 11.3 Å². The summed E-state index contributed by atoms with van der Waals surface area (Å²) in [5.41, 5.74) is 0.227. The minimum Gasteiger partial charge on any atom is -0.371 e. The lowest BCUT2D eigenvalue weighted by molar-refractivity contribution is -0.157. The average Bonchev–Trinajstić information content (AvgIpc) is 3.22. The van der Waals surface area contributed by atoms with E-state index in [2.05, 4.69) is 9.80 Å². The summed E-state index contributed by atoms with van der Waals surface area (Å²) in [7, 11) is 0. The van der Waals surface area contributed by atoms with Crippen LogP contribution in [0.1, 0.15) is 25.7 Å². The van der Waals surface area contributed by atoms with Gasteiger partial charge in [0.15, 0.2) is 0 Å². The van der Waals surface area contributed by atoms with Crippen molar-refractivity contribution in [2.24, 2.45) is 11.3 Å². The number of hydrogen-bond donors (Lipinski definition) is 0. The zero-order valence-corrected chi connectivity index (χ0v) is 13.0. The van der Waals surface area contributed by atoms with Crippen LogP contribution in [0.4, 0.5) is 14.5 Å². The number of nitrogens with zero attached hydrogens (tertiary/aromatic N) is 2. The number of likely N-dealkylation sites (tertiary alicyclic amines) is 1. The maximum Gasteiger partial charge on any atom is 0.257 e. The van der Waals surface area contributed by atoms with Crippen molar-refractivity contribution in [1.82, 2.24) is 4.90 Å². The van der Waals surface area contributed by atoms with Gasteiger partial charge in [-0.1, -0.05) is 18.2 Å². The van der Waals surface area contributed by atoms with Gasteiger partial charge in [-0.3, -0.25) is 0 Å². The zero-order chi connectivity index (χ0) is 15.2. The van der Waals surface area contributed by atoms with Crippen molar-refractivity contribution >= 4 is 5.69 Å². The van der Waals surface area contributed by atoms with Gasteiger partial charge in [0.1, 0.15) is 0 Å². The first-order chi connectivity index (χ1) is 10.6. The molecular weight excluding hydrogens is 282 g/mol. The third-order valence-corrected chi connectivity index (χ3v) is 5.73. The number of halogens is 2. The van der Waals surface area contributed by atoms with Crippen LogP contribution in [0.15, 0.2) is 30.3 Å². The molecule has 0 N–H and O–H groups in total. The van der Waals surface area contributed by atoms with Gasteiger partial charge >= 0.3 is 0 Å². The summed E-state index contributed by atoms with van der Waals surface area (Å²) >= 11 is 0. The molecule has 2 saturated heterocycles. The Morgan fingerprint density at radius 3 is 2.50 bits per heavy atom. The molecule has 0 aromatic heterocycles. The summed E-state index contributed by atoms with van der Waals surface area (Å²) in [6, 6.07) is 10.0. The second kappa shape index (κ2) is 5.19. The summed E-state index contributed by atoms with van der Waals surface area (Å²) in [5, 5.41) is 0. The molecule has 4 rings (SSSR count). The fourth-order valence-electron chi connectivity index (χ4n) is 4.17. The maximum atomic E-state index is 14.7. The van der Waals surface area contributed by atoms with Crippen molar-refractivity contribution in [3.05, 3.63) is 30.3 Å². The molecule has 0 amide bonds. The Balaban J connectivity index is 1.52. The van der Waals surface area contributed by atoms with Crippen molar-refractivity contribution in [3.63, 3.8) is 0 Å². The van der Waals surface area contributed by atoms with Crippen molar-refractivity contribution < 1.29 is 8.78 Å². The Kier molecular flexibility index (Phi) is 3.40. The van der Waals surface area contributed by atoms with Gasteiger partial charge in [-0.25, -0.2) is 8.78 Å². The minimum absolute atomic E-state index is 0.0301. The molecule has 0 bridgehead atoms. The van der Waals surface area contributed by atoms with Crippen LogP contribution in [0.25, 0.3) is 0 Å². The van der Waals surface area contributed by atoms with Crippen LogP contribution in [0.2, 0.25) is 0 Å². The molecule has 1 aromatic rings. The van der Waals surface area contributed by atoms with Gasteiger partial charge in [0.25, 0.3) is 5.92 Å². The van der Waals surface area contributed by atoms with Gasteiger partial charge in [-0.05, 0) is 37.3 Å². The predicted molar refractivity (Wildman–Crippen MR) is 84.4 cm³/mol. The molecule has 2 nitrogen and oxygen atoms in total. The fourth-order valence-corrected chi connectivity index (χ4v) is 4.17. The van der Waals surface area contributed by atoms with E-state index in [4.69, 9.17) is 0 Å². The van der Waals surface area contributed by atoms with Crippen LogP contribution in [0.3, 0.4) is 0 Å². The number of rotatable bonds is 3. The van der Waals surface area contributed by atoms with Gasteiger partial charge < -0.3 is 9.80 Å². The van der Waals surface area contributed by atoms with E-state index in [1.54, 1.807) is 0 Å². The minimum atomic E-state index is -2.53. The van der Waals surface area contributed by atoms with Crippen LogP contribution >= 0.6 is 0 Å². The standard InChI is InChI=1S/C18H24F2N2/c19-18(20)9-10-21(12-15-6-7-15)13-17(18)8-11-22(14-17)16-4-2-1-3-5-16/h1-5,15H,6-14H2/t17-/m0/s1. The average molecular weight is 306 g/mol. The lowest BCUT2D eigenvalue weighted by Crippen LogP contribution is -2.57. The van der Waals surface area contributed by atoms with Gasteiger partial charge in [0, 0.05) is 44.8 Å². The molecule has 0 radical (unpaired) electrons. The van der Waals surface area contributed by atoms with E-state index in [1.165, 1.54) is 12.8 Å². The number of piperidine rings is 1. The molecule has 3 fully saturated rings. The van der Waals surface area contributed by atoms with E-state index in [1.807, 2.05) is 30.3 Å². The summed E-state index contributed by atoms with van der Waals surface area (Å²) in [6.45, 7) is 3.40. The van der Waals surface area contributed by atoms with Crippen LogP contribution < -0.4 is 4.90 Å². The second-order valence-electron chi connectivity index (χ2n) is 7.42. The summed E-state index contributed by atoms with van der Waals surface area (Å²) in [5.74, 6) is -1.76. The molecule has 1 aromatic carbocycles. The largest absolute Gasteiger partial charge is 0.371 e. The third kappa shape index (κ3) is 2.51. The molecule has 2 aliphatic heterocycles. The van der Waals surface area contributed by atoms with Crippen LogP contribution in [0.5, 0.6) is 0 Å². The Morgan fingerprint density at radius 1 is 1.00 bits per heavy atom. The summed E-state index contributed by atoms with van der Waals surface area (Å²) in [6.07, 6.45) is 3.21. The molecule has 2 heterocycles. The molecule has 3 aliphatic rings. The molecular formula is C18H24F2N2. The van der Waals surface area contributed by atoms with E-state index in [0.717, 1.165) is 24.7 Å². The maximum absolute atomic E-state index is 14.7. The Labute approximate surface area is 131 Å². The number of para-hydroxylation sites is 1. The molecule has 1 saturated carbocycles. The first-order valence-corrected chi connectivity index (χ1v) is 8.48. The molecule has 0 unspecified atom stereocenters. The second-order valence-corrected chi connectivity index (χ2v) is 7.42. The molecule has 1 spiro atoms. The molecule has 1 atom stereocenters. The van der Waals surface area contributed by atoms with Gasteiger partial charge in [-0.15, -0.1) is 0 Å². The normalized spacial score (nSPS) is 31.8. The number of anilines is 1. The molecule has 22 heavy (non-hydrogen) atoms. The molecule has 120 valence electrons. The Morgan fingerprint density at radius 2 is 1.77 bits per heavy atom. The van der Waals surface area contributed by atoms with E-state index >= 15 is 0 Å². The van der Waals surface area contributed by atoms with Crippen molar-refractivity contribution in [2.45, 2.75) is 31.6 Å². The highest BCUT2D eigenvalue weighted by Crippen LogP contribution is 2.50. The fraction of sp³-hybridized carbons (Fsp3) is 0.667. The molecule has 4 heteroatoms.